The average molecular weight is 442 g/mol. The molecule has 3 aromatic rings. The first-order chi connectivity index (χ1) is 16.2. The zero-order valence-electron chi connectivity index (χ0n) is 19.8. The van der Waals surface area contributed by atoms with Gasteiger partial charge in [0.25, 0.3) is 0 Å². The highest BCUT2D eigenvalue weighted by molar-refractivity contribution is 5.56. The summed E-state index contributed by atoms with van der Waals surface area (Å²) in [5.74, 6) is 1.27. The average Bonchev–Trinajstić information content (AvgIpc) is 2.90. The van der Waals surface area contributed by atoms with E-state index >= 15 is 0 Å². The van der Waals surface area contributed by atoms with Crippen LogP contribution in [0.2, 0.25) is 0 Å². The summed E-state index contributed by atoms with van der Waals surface area (Å²) in [6.45, 7) is 5.89. The number of fused-ring (bicyclic) bond motifs is 1. The van der Waals surface area contributed by atoms with Crippen LogP contribution in [-0.4, -0.2) is 24.5 Å². The molecule has 0 spiro atoms. The molecule has 1 fully saturated rings. The number of aldehydes is 1. The van der Waals surface area contributed by atoms with Gasteiger partial charge in [0.2, 0.25) is 0 Å². The molecule has 172 valence electrons. The predicted octanol–water partition coefficient (Wildman–Crippen LogP) is 6.70. The zero-order valence-corrected chi connectivity index (χ0v) is 19.8. The lowest BCUT2D eigenvalue weighted by molar-refractivity contribution is -0.111. The van der Waals surface area contributed by atoms with E-state index in [0.717, 1.165) is 45.1 Å². The van der Waals surface area contributed by atoms with E-state index in [1.807, 2.05) is 26.0 Å². The lowest BCUT2D eigenvalue weighted by Gasteiger charge is -2.35. The number of carbonyl (C=O) groups is 1. The van der Waals surface area contributed by atoms with Crippen molar-refractivity contribution in [3.8, 4) is 5.75 Å². The van der Waals surface area contributed by atoms with Crippen LogP contribution in [0.15, 0.2) is 72.8 Å². The summed E-state index contributed by atoms with van der Waals surface area (Å²) in [5.41, 5.74) is 6.54. The van der Waals surface area contributed by atoms with Crippen molar-refractivity contribution in [2.24, 2.45) is 5.92 Å². The molecular formula is C30H35NO2. The van der Waals surface area contributed by atoms with Crippen molar-refractivity contribution in [3.63, 3.8) is 0 Å². The maximum absolute atomic E-state index is 11.1. The van der Waals surface area contributed by atoms with Crippen LogP contribution in [-0.2, 0) is 11.2 Å². The quantitative estimate of drug-likeness (QED) is 0.458. The Kier molecular flexibility index (Phi) is 7.49. The molecule has 0 amide bonds. The maximum atomic E-state index is 11.1. The molecule has 0 aromatic heterocycles. The summed E-state index contributed by atoms with van der Waals surface area (Å²) < 4.78 is 0. The number of hydrogen-bond donors (Lipinski definition) is 1. The van der Waals surface area contributed by atoms with E-state index in [2.05, 4.69) is 65.6 Å². The first kappa shape index (κ1) is 23.1. The molecule has 1 saturated heterocycles. The Morgan fingerprint density at radius 3 is 2.21 bits per heavy atom. The highest BCUT2D eigenvalue weighted by atomic mass is 16.3. The van der Waals surface area contributed by atoms with Crippen LogP contribution in [0.1, 0.15) is 67.2 Å². The molecule has 2 atom stereocenters. The summed E-state index contributed by atoms with van der Waals surface area (Å²) in [7, 11) is 0. The number of rotatable bonds is 4. The topological polar surface area (TPSA) is 40.5 Å². The summed E-state index contributed by atoms with van der Waals surface area (Å²) in [6.07, 6.45) is 5.07. The Bertz CT molecular complexity index is 1040. The van der Waals surface area contributed by atoms with Crippen molar-refractivity contribution in [2.45, 2.75) is 51.4 Å². The fraction of sp³-hybridized carbons (Fsp3) is 0.367. The van der Waals surface area contributed by atoms with Gasteiger partial charge < -0.3 is 14.8 Å². The molecular weight excluding hydrogens is 406 g/mol. The molecule has 3 nitrogen and oxygen atoms in total. The third-order valence-electron chi connectivity index (χ3n) is 7.17. The number of hydrogen-bond acceptors (Lipinski definition) is 3. The van der Waals surface area contributed by atoms with Gasteiger partial charge in [0.15, 0.2) is 0 Å². The monoisotopic (exact) mass is 441 g/mol. The Morgan fingerprint density at radius 1 is 0.848 bits per heavy atom. The number of benzene rings is 3. The molecule has 2 unspecified atom stereocenters. The van der Waals surface area contributed by atoms with Crippen molar-refractivity contribution < 1.29 is 9.90 Å². The largest absolute Gasteiger partial charge is 0.508 e. The fourth-order valence-electron chi connectivity index (χ4n) is 5.46. The number of aryl methyl sites for hydroxylation is 1. The van der Waals surface area contributed by atoms with Crippen LogP contribution in [0.3, 0.4) is 0 Å². The van der Waals surface area contributed by atoms with Gasteiger partial charge in [-0.15, -0.1) is 0 Å². The molecule has 3 heteroatoms. The lowest BCUT2D eigenvalue weighted by atomic mass is 9.69. The van der Waals surface area contributed by atoms with Gasteiger partial charge in [-0.05, 0) is 78.1 Å². The van der Waals surface area contributed by atoms with Crippen molar-refractivity contribution in [1.82, 2.24) is 0 Å². The summed E-state index contributed by atoms with van der Waals surface area (Å²) >= 11 is 0. The lowest BCUT2D eigenvalue weighted by Crippen LogP contribution is -2.34. The third-order valence-corrected chi connectivity index (χ3v) is 7.17. The molecule has 0 bridgehead atoms. The molecule has 2 aliphatic rings. The highest BCUT2D eigenvalue weighted by Crippen LogP contribution is 2.47. The second kappa shape index (κ2) is 10.7. The molecule has 1 heterocycles. The molecule has 33 heavy (non-hydrogen) atoms. The van der Waals surface area contributed by atoms with E-state index in [-0.39, 0.29) is 11.8 Å². The van der Waals surface area contributed by atoms with Crippen molar-refractivity contribution in [3.05, 3.63) is 95.1 Å². The van der Waals surface area contributed by atoms with E-state index in [0.29, 0.717) is 11.7 Å². The van der Waals surface area contributed by atoms with E-state index < -0.39 is 0 Å². The molecule has 0 radical (unpaired) electrons. The van der Waals surface area contributed by atoms with Crippen molar-refractivity contribution in [1.29, 1.82) is 0 Å². The number of anilines is 1. The Morgan fingerprint density at radius 2 is 1.55 bits per heavy atom. The number of carbonyl (C=O) groups excluding carboxylic acids is 1. The van der Waals surface area contributed by atoms with Crippen LogP contribution >= 0.6 is 0 Å². The molecule has 1 N–H and O–H groups in total. The van der Waals surface area contributed by atoms with E-state index in [4.69, 9.17) is 0 Å². The van der Waals surface area contributed by atoms with E-state index in [1.165, 1.54) is 27.9 Å². The van der Waals surface area contributed by atoms with Gasteiger partial charge in [0.05, 0.1) is 0 Å². The maximum Gasteiger partial charge on any atom is 0.123 e. The molecule has 1 aliphatic carbocycles. The highest BCUT2D eigenvalue weighted by Gasteiger charge is 2.32. The molecule has 1 aliphatic heterocycles. The summed E-state index contributed by atoms with van der Waals surface area (Å²) in [4.78, 5) is 13.5. The van der Waals surface area contributed by atoms with Crippen LogP contribution in [0.5, 0.6) is 5.75 Å². The Hall–Kier alpha value is -3.07. The fourth-order valence-corrected chi connectivity index (χ4v) is 5.46. The van der Waals surface area contributed by atoms with E-state index in [1.54, 1.807) is 0 Å². The van der Waals surface area contributed by atoms with Crippen molar-refractivity contribution in [2.75, 3.05) is 18.0 Å². The molecule has 5 rings (SSSR count). The number of phenols is 1. The van der Waals surface area contributed by atoms with Crippen molar-refractivity contribution >= 4 is 12.0 Å². The van der Waals surface area contributed by atoms with Gasteiger partial charge >= 0.3 is 0 Å². The summed E-state index contributed by atoms with van der Waals surface area (Å²) in [5, 5.41) is 10.0. The van der Waals surface area contributed by atoms with E-state index in [9.17, 15) is 9.90 Å². The smallest absolute Gasteiger partial charge is 0.123 e. The van der Waals surface area contributed by atoms with Gasteiger partial charge in [-0.3, -0.25) is 0 Å². The number of piperidine rings is 1. The second-order valence-corrected chi connectivity index (χ2v) is 8.97. The predicted molar refractivity (Wildman–Crippen MR) is 136 cm³/mol. The SMILES string of the molecule is CC.O=CC1CCN(c2ccc(C3c4ccc(O)cc4CCC3c3ccccc3)cc2)CC1. The second-order valence-electron chi connectivity index (χ2n) is 8.97. The summed E-state index contributed by atoms with van der Waals surface area (Å²) in [6, 6.07) is 25.8. The Balaban J connectivity index is 0.00000126. The number of phenolic OH excluding ortho intramolecular Hbond substituents is 1. The first-order valence-corrected chi connectivity index (χ1v) is 12.4. The first-order valence-electron chi connectivity index (χ1n) is 12.4. The van der Waals surface area contributed by atoms with Gasteiger partial charge in [0.1, 0.15) is 12.0 Å². The minimum absolute atomic E-state index is 0.220. The number of aromatic hydroxyl groups is 1. The van der Waals surface area contributed by atoms with Gasteiger partial charge in [-0.1, -0.05) is 62.4 Å². The van der Waals surface area contributed by atoms with Crippen LogP contribution in [0.25, 0.3) is 0 Å². The van der Waals surface area contributed by atoms with Crippen LogP contribution < -0.4 is 4.90 Å². The van der Waals surface area contributed by atoms with Gasteiger partial charge in [0, 0.05) is 30.6 Å². The Labute approximate surface area is 198 Å². The standard InChI is InChI=1S/C28H29NO2.C2H6/c30-19-20-14-16-29(17-15-20)24-9-6-22(7-10-24)28-26(21-4-2-1-3-5-21)12-8-23-18-25(31)11-13-27(23)28;1-2/h1-7,9-11,13,18-20,26,28,31H,8,12,14-17H2;1-2H3. The third kappa shape index (κ3) is 4.98. The van der Waals surface area contributed by atoms with Gasteiger partial charge in [-0.25, -0.2) is 0 Å². The molecule has 3 aromatic carbocycles. The molecule has 0 saturated carbocycles. The van der Waals surface area contributed by atoms with Gasteiger partial charge in [-0.2, -0.15) is 0 Å². The van der Waals surface area contributed by atoms with Crippen LogP contribution in [0, 0.1) is 5.92 Å². The number of nitrogens with zero attached hydrogens (tertiary/aromatic N) is 1. The van der Waals surface area contributed by atoms with Crippen LogP contribution in [0.4, 0.5) is 5.69 Å². The minimum atomic E-state index is 0.220. The normalized spacial score (nSPS) is 20.4. The zero-order chi connectivity index (χ0) is 23.2. The minimum Gasteiger partial charge on any atom is -0.508 e.